The molecule has 0 amide bonds. The van der Waals surface area contributed by atoms with E-state index in [0.29, 0.717) is 0 Å². The standard InChI is InChI=1S/C28H52O3/c1-4-6-8-10-12-14-24-15-17-25(18-16-24)26-19-21-27(22-20-26)31-28(29)30-23(3)13-11-9-7-5-2/h23-27H,4-22H2,1-3H3/t23-,24-,25-,26-,27-/m0/s1. The van der Waals surface area contributed by atoms with Crippen molar-refractivity contribution < 1.29 is 14.3 Å². The van der Waals surface area contributed by atoms with Crippen LogP contribution in [0.4, 0.5) is 4.79 Å². The van der Waals surface area contributed by atoms with Crippen molar-refractivity contribution in [2.45, 2.75) is 155 Å². The molecular weight excluding hydrogens is 384 g/mol. The maximum Gasteiger partial charge on any atom is 0.508 e. The molecule has 182 valence electrons. The highest BCUT2D eigenvalue weighted by Gasteiger charge is 2.32. The third kappa shape index (κ3) is 11.1. The molecule has 3 heteroatoms. The van der Waals surface area contributed by atoms with Crippen LogP contribution in [-0.4, -0.2) is 18.4 Å². The maximum absolute atomic E-state index is 12.1. The van der Waals surface area contributed by atoms with Crippen LogP contribution in [0.25, 0.3) is 0 Å². The van der Waals surface area contributed by atoms with Crippen molar-refractivity contribution >= 4 is 6.16 Å². The Morgan fingerprint density at radius 3 is 1.90 bits per heavy atom. The molecule has 2 aliphatic rings. The van der Waals surface area contributed by atoms with E-state index in [4.69, 9.17) is 9.47 Å². The van der Waals surface area contributed by atoms with Gasteiger partial charge in [0.25, 0.3) is 0 Å². The van der Waals surface area contributed by atoms with Crippen LogP contribution in [0.5, 0.6) is 0 Å². The quantitative estimate of drug-likeness (QED) is 0.201. The lowest BCUT2D eigenvalue weighted by atomic mass is 9.70. The number of carbonyl (C=O) groups is 1. The van der Waals surface area contributed by atoms with Gasteiger partial charge in [0.05, 0.1) is 0 Å². The number of unbranched alkanes of at least 4 members (excludes halogenated alkanes) is 7. The normalized spacial score (nSPS) is 27.6. The van der Waals surface area contributed by atoms with Crippen molar-refractivity contribution in [3.8, 4) is 0 Å². The number of rotatable bonds is 14. The SMILES string of the molecule is CCCCCCC[C@H]1CC[C@H]([C@H]2CC[C@H](OC(=O)O[C@@H](C)CCCCCC)CC2)CC1. The van der Waals surface area contributed by atoms with Gasteiger partial charge in [0, 0.05) is 0 Å². The van der Waals surface area contributed by atoms with Crippen LogP contribution in [0.15, 0.2) is 0 Å². The highest BCUT2D eigenvalue weighted by atomic mass is 16.7. The zero-order chi connectivity index (χ0) is 22.3. The van der Waals surface area contributed by atoms with Crippen molar-refractivity contribution in [2.75, 3.05) is 0 Å². The molecule has 2 fully saturated rings. The molecule has 1 atom stereocenters. The van der Waals surface area contributed by atoms with Crippen molar-refractivity contribution in [3.63, 3.8) is 0 Å². The highest BCUT2D eigenvalue weighted by molar-refractivity contribution is 5.60. The molecule has 0 aliphatic heterocycles. The third-order valence-corrected chi connectivity index (χ3v) is 8.02. The first-order valence-corrected chi connectivity index (χ1v) is 14.0. The van der Waals surface area contributed by atoms with Crippen LogP contribution >= 0.6 is 0 Å². The van der Waals surface area contributed by atoms with Crippen LogP contribution in [0, 0.1) is 17.8 Å². The predicted octanol–water partition coefficient (Wildman–Crippen LogP) is 9.22. The average molecular weight is 437 g/mol. The van der Waals surface area contributed by atoms with Crippen LogP contribution in [-0.2, 0) is 9.47 Å². The number of ether oxygens (including phenoxy) is 2. The molecule has 2 saturated carbocycles. The van der Waals surface area contributed by atoms with E-state index in [1.165, 1.54) is 96.3 Å². The molecule has 31 heavy (non-hydrogen) atoms. The average Bonchev–Trinajstić information content (AvgIpc) is 2.77. The van der Waals surface area contributed by atoms with Gasteiger partial charge < -0.3 is 9.47 Å². The summed E-state index contributed by atoms with van der Waals surface area (Å²) in [5.41, 5.74) is 0. The monoisotopic (exact) mass is 436 g/mol. The Kier molecular flexibility index (Phi) is 13.7. The van der Waals surface area contributed by atoms with E-state index in [1.54, 1.807) is 0 Å². The van der Waals surface area contributed by atoms with E-state index in [1.807, 2.05) is 6.92 Å². The fourth-order valence-corrected chi connectivity index (χ4v) is 5.91. The molecule has 0 saturated heterocycles. The molecular formula is C28H52O3. The van der Waals surface area contributed by atoms with E-state index in [2.05, 4.69) is 13.8 Å². The maximum atomic E-state index is 12.1. The zero-order valence-corrected chi connectivity index (χ0v) is 21.0. The number of carbonyl (C=O) groups excluding carboxylic acids is 1. The van der Waals surface area contributed by atoms with Gasteiger partial charge in [-0.25, -0.2) is 4.79 Å². The van der Waals surface area contributed by atoms with Gasteiger partial charge >= 0.3 is 6.16 Å². The Hall–Kier alpha value is -0.730. The van der Waals surface area contributed by atoms with E-state index in [-0.39, 0.29) is 12.2 Å². The van der Waals surface area contributed by atoms with Gasteiger partial charge in [0.1, 0.15) is 12.2 Å². The summed E-state index contributed by atoms with van der Waals surface area (Å²) in [5.74, 6) is 2.78. The molecule has 0 heterocycles. The largest absolute Gasteiger partial charge is 0.508 e. The van der Waals surface area contributed by atoms with Gasteiger partial charge in [-0.05, 0) is 76.0 Å². The Morgan fingerprint density at radius 1 is 0.742 bits per heavy atom. The lowest BCUT2D eigenvalue weighted by Crippen LogP contribution is -2.30. The summed E-state index contributed by atoms with van der Waals surface area (Å²) in [6.07, 6.45) is 24.3. The number of hydrogen-bond donors (Lipinski definition) is 0. The van der Waals surface area contributed by atoms with Crippen molar-refractivity contribution in [1.82, 2.24) is 0 Å². The lowest BCUT2D eigenvalue weighted by Gasteiger charge is -2.37. The van der Waals surface area contributed by atoms with Gasteiger partial charge in [-0.15, -0.1) is 0 Å². The van der Waals surface area contributed by atoms with E-state index in [0.717, 1.165) is 43.4 Å². The topological polar surface area (TPSA) is 35.5 Å². The van der Waals surface area contributed by atoms with Gasteiger partial charge in [-0.1, -0.05) is 84.5 Å². The second-order valence-electron chi connectivity index (χ2n) is 10.7. The molecule has 2 aliphatic carbocycles. The van der Waals surface area contributed by atoms with E-state index < -0.39 is 6.16 Å². The minimum Gasteiger partial charge on any atom is -0.431 e. The third-order valence-electron chi connectivity index (χ3n) is 8.02. The van der Waals surface area contributed by atoms with Gasteiger partial charge in [-0.2, -0.15) is 0 Å². The molecule has 0 N–H and O–H groups in total. The Labute approximate surface area is 193 Å². The second-order valence-corrected chi connectivity index (χ2v) is 10.7. The van der Waals surface area contributed by atoms with Crippen molar-refractivity contribution in [3.05, 3.63) is 0 Å². The second kappa shape index (κ2) is 16.0. The highest BCUT2D eigenvalue weighted by Crippen LogP contribution is 2.41. The Morgan fingerprint density at radius 2 is 1.29 bits per heavy atom. The lowest BCUT2D eigenvalue weighted by molar-refractivity contribution is -0.0174. The minimum atomic E-state index is -0.439. The van der Waals surface area contributed by atoms with Crippen LogP contribution in [0.1, 0.15) is 143 Å². The summed E-state index contributed by atoms with van der Waals surface area (Å²) in [4.78, 5) is 12.1. The summed E-state index contributed by atoms with van der Waals surface area (Å²) in [6, 6.07) is 0. The molecule has 0 spiro atoms. The smallest absolute Gasteiger partial charge is 0.431 e. The van der Waals surface area contributed by atoms with Crippen molar-refractivity contribution in [1.29, 1.82) is 0 Å². The van der Waals surface area contributed by atoms with Gasteiger partial charge in [0.15, 0.2) is 0 Å². The molecule has 3 nitrogen and oxygen atoms in total. The van der Waals surface area contributed by atoms with E-state index >= 15 is 0 Å². The zero-order valence-electron chi connectivity index (χ0n) is 21.0. The summed E-state index contributed by atoms with van der Waals surface area (Å²) >= 11 is 0. The number of hydrogen-bond acceptors (Lipinski definition) is 3. The van der Waals surface area contributed by atoms with Crippen LogP contribution in [0.2, 0.25) is 0 Å². The summed E-state index contributed by atoms with van der Waals surface area (Å²) in [7, 11) is 0. The molecule has 0 radical (unpaired) electrons. The molecule has 0 unspecified atom stereocenters. The fourth-order valence-electron chi connectivity index (χ4n) is 5.91. The summed E-state index contributed by atoms with van der Waals surface area (Å²) in [5, 5.41) is 0. The van der Waals surface area contributed by atoms with Crippen LogP contribution in [0.3, 0.4) is 0 Å². The molecule has 0 bridgehead atoms. The Balaban J connectivity index is 1.54. The summed E-state index contributed by atoms with van der Waals surface area (Å²) in [6.45, 7) is 6.50. The summed E-state index contributed by atoms with van der Waals surface area (Å²) < 4.78 is 11.1. The van der Waals surface area contributed by atoms with E-state index in [9.17, 15) is 4.79 Å². The predicted molar refractivity (Wildman–Crippen MR) is 130 cm³/mol. The fraction of sp³-hybridized carbons (Fsp3) is 0.964. The minimum absolute atomic E-state index is 0.0254. The van der Waals surface area contributed by atoms with Crippen molar-refractivity contribution in [2.24, 2.45) is 17.8 Å². The molecule has 0 aromatic heterocycles. The first kappa shape index (κ1) is 26.5. The molecule has 0 aromatic rings. The molecule has 2 rings (SSSR count). The first-order chi connectivity index (χ1) is 15.1. The van der Waals surface area contributed by atoms with Gasteiger partial charge in [-0.3, -0.25) is 0 Å². The molecule has 0 aromatic carbocycles. The van der Waals surface area contributed by atoms with Crippen LogP contribution < -0.4 is 0 Å². The first-order valence-electron chi connectivity index (χ1n) is 14.0. The van der Waals surface area contributed by atoms with Gasteiger partial charge in [0.2, 0.25) is 0 Å². The Bertz CT molecular complexity index is 447.